The van der Waals surface area contributed by atoms with E-state index in [1.165, 1.54) is 5.56 Å². The van der Waals surface area contributed by atoms with Gasteiger partial charge in [0.15, 0.2) is 5.69 Å². The molecule has 0 N–H and O–H groups in total. The molecule has 1 aromatic heterocycles. The summed E-state index contributed by atoms with van der Waals surface area (Å²) in [6.07, 6.45) is 4.81. The van der Waals surface area contributed by atoms with Crippen LogP contribution in [0, 0.1) is 0 Å². The molecule has 0 unspecified atom stereocenters. The monoisotopic (exact) mass is 553 g/mol. The van der Waals surface area contributed by atoms with Crippen molar-refractivity contribution in [2.24, 2.45) is 0 Å². The van der Waals surface area contributed by atoms with Crippen LogP contribution in [-0.2, 0) is 31.5 Å². The normalized spacial score (nSPS) is 16.1. The largest absolute Gasteiger partial charge is 0.481 e. The molecule has 0 bridgehead atoms. The maximum absolute atomic E-state index is 14.0. The molecule has 4 aromatic rings. The number of rotatable bonds is 8. The SMILES string of the molecule is O=C1c2c(OCc3ccccc3)c(=O)nc(CC3(c4ccc(Cl)cc4)CCCC3)n2CCN1Cc1ccccc1. The average Bonchev–Trinajstić information content (AvgIpc) is 3.45. The Hall–Kier alpha value is -3.90. The highest BCUT2D eigenvalue weighted by molar-refractivity contribution is 6.30. The minimum absolute atomic E-state index is 0.0299. The van der Waals surface area contributed by atoms with E-state index in [2.05, 4.69) is 17.1 Å². The van der Waals surface area contributed by atoms with Crippen LogP contribution in [0.15, 0.2) is 89.7 Å². The molecule has 1 amide bonds. The van der Waals surface area contributed by atoms with Gasteiger partial charge in [0.2, 0.25) is 5.75 Å². The van der Waals surface area contributed by atoms with E-state index in [9.17, 15) is 9.59 Å². The Kier molecular flexibility index (Phi) is 7.44. The zero-order valence-corrected chi connectivity index (χ0v) is 23.1. The summed E-state index contributed by atoms with van der Waals surface area (Å²) < 4.78 is 8.03. The first-order valence-corrected chi connectivity index (χ1v) is 14.3. The second-order valence-electron chi connectivity index (χ2n) is 10.8. The summed E-state index contributed by atoms with van der Waals surface area (Å²) in [5.74, 6) is 0.477. The lowest BCUT2D eigenvalue weighted by molar-refractivity contribution is 0.0675. The van der Waals surface area contributed by atoms with Crippen LogP contribution in [0.5, 0.6) is 5.75 Å². The molecule has 7 heteroatoms. The van der Waals surface area contributed by atoms with Crippen LogP contribution in [0.3, 0.4) is 0 Å². The summed E-state index contributed by atoms with van der Waals surface area (Å²) in [6.45, 7) is 1.74. The van der Waals surface area contributed by atoms with Crippen molar-refractivity contribution in [3.8, 4) is 5.75 Å². The molecule has 40 heavy (non-hydrogen) atoms. The molecule has 3 aromatic carbocycles. The van der Waals surface area contributed by atoms with Crippen molar-refractivity contribution in [1.82, 2.24) is 14.5 Å². The molecule has 2 heterocycles. The Labute approximate surface area is 239 Å². The van der Waals surface area contributed by atoms with Gasteiger partial charge in [0, 0.05) is 36.5 Å². The zero-order valence-electron chi connectivity index (χ0n) is 22.4. The van der Waals surface area contributed by atoms with E-state index in [-0.39, 0.29) is 23.7 Å². The molecule has 2 aliphatic rings. The number of carbonyl (C=O) groups excluding carboxylic acids is 1. The standard InChI is InChI=1S/C33H32ClN3O3/c34-27-15-13-26(14-16-27)33(17-7-8-18-33)21-28-35-31(38)30(40-23-25-11-5-2-6-12-25)29-32(39)36(19-20-37(28)29)22-24-9-3-1-4-10-24/h1-6,9-16H,7-8,17-23H2. The van der Waals surface area contributed by atoms with Gasteiger partial charge in [-0.05, 0) is 41.7 Å². The van der Waals surface area contributed by atoms with Crippen molar-refractivity contribution >= 4 is 17.5 Å². The van der Waals surface area contributed by atoms with Gasteiger partial charge in [0.25, 0.3) is 5.91 Å². The van der Waals surface area contributed by atoms with Gasteiger partial charge < -0.3 is 14.2 Å². The number of nitrogens with zero attached hydrogens (tertiary/aromatic N) is 3. The van der Waals surface area contributed by atoms with Gasteiger partial charge in [-0.2, -0.15) is 4.98 Å². The van der Waals surface area contributed by atoms with E-state index >= 15 is 0 Å². The second kappa shape index (κ2) is 11.3. The number of hydrogen-bond acceptors (Lipinski definition) is 4. The molecule has 6 rings (SSSR count). The number of halogens is 1. The highest BCUT2D eigenvalue weighted by Crippen LogP contribution is 2.44. The lowest BCUT2D eigenvalue weighted by atomic mass is 9.76. The van der Waals surface area contributed by atoms with E-state index in [0.29, 0.717) is 42.6 Å². The van der Waals surface area contributed by atoms with Crippen LogP contribution >= 0.6 is 11.6 Å². The Morgan fingerprint density at radius 1 is 0.825 bits per heavy atom. The molecular weight excluding hydrogens is 522 g/mol. The fourth-order valence-electron chi connectivity index (χ4n) is 6.18. The molecule has 204 valence electrons. The lowest BCUT2D eigenvalue weighted by Crippen LogP contribution is -2.44. The van der Waals surface area contributed by atoms with Gasteiger partial charge in [-0.15, -0.1) is 0 Å². The quantitative estimate of drug-likeness (QED) is 0.261. The van der Waals surface area contributed by atoms with E-state index < -0.39 is 5.56 Å². The van der Waals surface area contributed by atoms with Crippen LogP contribution in [0.4, 0.5) is 0 Å². The average molecular weight is 554 g/mol. The van der Waals surface area contributed by atoms with E-state index in [0.717, 1.165) is 36.8 Å². The predicted octanol–water partition coefficient (Wildman–Crippen LogP) is 6.19. The molecule has 0 spiro atoms. The van der Waals surface area contributed by atoms with Crippen LogP contribution in [0.2, 0.25) is 5.02 Å². The van der Waals surface area contributed by atoms with Crippen molar-refractivity contribution < 1.29 is 9.53 Å². The number of ether oxygens (including phenoxy) is 1. The Bertz CT molecular complexity index is 1550. The Morgan fingerprint density at radius 3 is 2.15 bits per heavy atom. The lowest BCUT2D eigenvalue weighted by Gasteiger charge is -2.35. The number of aromatic nitrogens is 2. The van der Waals surface area contributed by atoms with Crippen molar-refractivity contribution in [3.63, 3.8) is 0 Å². The predicted molar refractivity (Wildman–Crippen MR) is 156 cm³/mol. The third kappa shape index (κ3) is 5.28. The van der Waals surface area contributed by atoms with Crippen molar-refractivity contribution in [2.75, 3.05) is 6.54 Å². The Morgan fingerprint density at radius 2 is 1.48 bits per heavy atom. The van der Waals surface area contributed by atoms with E-state index in [1.807, 2.05) is 77.4 Å². The van der Waals surface area contributed by atoms with Gasteiger partial charge in [-0.3, -0.25) is 9.59 Å². The van der Waals surface area contributed by atoms with Crippen molar-refractivity contribution in [1.29, 1.82) is 0 Å². The van der Waals surface area contributed by atoms with Gasteiger partial charge >= 0.3 is 5.56 Å². The number of hydrogen-bond donors (Lipinski definition) is 0. The topological polar surface area (TPSA) is 64.4 Å². The van der Waals surface area contributed by atoms with Crippen molar-refractivity contribution in [3.05, 3.63) is 129 Å². The number of benzene rings is 3. The van der Waals surface area contributed by atoms with Gasteiger partial charge in [-0.1, -0.05) is 97.2 Å². The molecule has 1 aliphatic heterocycles. The molecule has 1 aliphatic carbocycles. The van der Waals surface area contributed by atoms with Crippen LogP contribution in [-0.4, -0.2) is 26.9 Å². The molecule has 0 radical (unpaired) electrons. The summed E-state index contributed by atoms with van der Waals surface area (Å²) in [5.41, 5.74) is 2.83. The van der Waals surface area contributed by atoms with Crippen LogP contribution < -0.4 is 10.3 Å². The van der Waals surface area contributed by atoms with Gasteiger partial charge in [0.1, 0.15) is 12.4 Å². The van der Waals surface area contributed by atoms with E-state index in [4.69, 9.17) is 16.3 Å². The maximum Gasteiger partial charge on any atom is 0.316 e. The minimum atomic E-state index is -0.489. The molecule has 1 fully saturated rings. The molecular formula is C33H32ClN3O3. The summed E-state index contributed by atoms with van der Waals surface area (Å²) in [4.78, 5) is 34.0. The zero-order chi connectivity index (χ0) is 27.5. The first kappa shape index (κ1) is 26.3. The summed E-state index contributed by atoms with van der Waals surface area (Å²) >= 11 is 6.20. The highest BCUT2D eigenvalue weighted by Gasteiger charge is 2.39. The number of amides is 1. The third-order valence-corrected chi connectivity index (χ3v) is 8.51. The first-order valence-electron chi connectivity index (χ1n) is 13.9. The first-order chi connectivity index (χ1) is 19.5. The molecule has 0 atom stereocenters. The number of fused-ring (bicyclic) bond motifs is 1. The maximum atomic E-state index is 14.0. The fraction of sp³-hybridized carbons (Fsp3) is 0.303. The molecule has 1 saturated carbocycles. The molecule has 6 nitrogen and oxygen atoms in total. The van der Waals surface area contributed by atoms with Crippen molar-refractivity contribution in [2.45, 2.75) is 57.2 Å². The van der Waals surface area contributed by atoms with E-state index in [1.54, 1.807) is 4.90 Å². The Balaban J connectivity index is 1.40. The summed E-state index contributed by atoms with van der Waals surface area (Å²) in [7, 11) is 0. The van der Waals surface area contributed by atoms with Crippen LogP contribution in [0.1, 0.15) is 58.7 Å². The highest BCUT2D eigenvalue weighted by atomic mass is 35.5. The second-order valence-corrected chi connectivity index (χ2v) is 11.3. The smallest absolute Gasteiger partial charge is 0.316 e. The number of carbonyl (C=O) groups is 1. The van der Waals surface area contributed by atoms with Crippen LogP contribution in [0.25, 0.3) is 0 Å². The van der Waals surface area contributed by atoms with Gasteiger partial charge in [0.05, 0.1) is 0 Å². The molecule has 0 saturated heterocycles. The summed E-state index contributed by atoms with van der Waals surface area (Å²) in [5, 5.41) is 0.702. The summed E-state index contributed by atoms with van der Waals surface area (Å²) in [6, 6.07) is 27.6. The third-order valence-electron chi connectivity index (χ3n) is 8.26. The fourth-order valence-corrected chi connectivity index (χ4v) is 6.31. The van der Waals surface area contributed by atoms with Gasteiger partial charge in [-0.25, -0.2) is 0 Å². The minimum Gasteiger partial charge on any atom is -0.481 e.